The second kappa shape index (κ2) is 9.57. The molecule has 1 aliphatic heterocycles. The number of quaternary nitrogens is 2. The molecule has 0 radical (unpaired) electrons. The van der Waals surface area contributed by atoms with Crippen LogP contribution in [0.2, 0.25) is 0 Å². The number of hydrogen-bond donors (Lipinski definition) is 2. The molecule has 0 atom stereocenters. The minimum atomic E-state index is -4.30. The van der Waals surface area contributed by atoms with Crippen LogP contribution in [-0.2, 0) is 12.6 Å². The van der Waals surface area contributed by atoms with Crippen molar-refractivity contribution >= 4 is 5.69 Å². The van der Waals surface area contributed by atoms with Gasteiger partial charge in [-0.05, 0) is 29.8 Å². The average molecular weight is 426 g/mol. The monoisotopic (exact) mass is 426 g/mol. The number of nitrogens with one attached hydrogen (secondary N) is 2. The van der Waals surface area contributed by atoms with E-state index in [1.54, 1.807) is 27.4 Å². The van der Waals surface area contributed by atoms with Crippen LogP contribution < -0.4 is 24.0 Å². The van der Waals surface area contributed by atoms with Gasteiger partial charge >= 0.3 is 6.18 Å². The molecule has 1 saturated heterocycles. The molecule has 3 rings (SSSR count). The van der Waals surface area contributed by atoms with E-state index >= 15 is 0 Å². The highest BCUT2D eigenvalue weighted by molar-refractivity contribution is 5.53. The number of benzene rings is 2. The maximum atomic E-state index is 13.0. The molecule has 30 heavy (non-hydrogen) atoms. The second-order valence-corrected chi connectivity index (χ2v) is 7.47. The fourth-order valence-corrected chi connectivity index (χ4v) is 3.96. The standard InChI is InChI=1S/C22H27F3N2O3/c1-28-19-13-16(14-20(29-2)21(19)30-3)7-8-26-9-11-27(12-10-26)18-6-4-5-17(15-18)22(23,24)25/h4-6,13-15H,7-12H2,1-3H3/p+2. The van der Waals surface area contributed by atoms with E-state index in [9.17, 15) is 13.2 Å². The molecule has 1 heterocycles. The summed E-state index contributed by atoms with van der Waals surface area (Å²) in [5.41, 5.74) is 1.24. The predicted octanol–water partition coefficient (Wildman–Crippen LogP) is 1.39. The molecule has 0 aromatic heterocycles. The summed E-state index contributed by atoms with van der Waals surface area (Å²) in [6, 6.07) is 9.61. The van der Waals surface area contributed by atoms with Crippen molar-refractivity contribution in [2.75, 3.05) is 54.1 Å². The Morgan fingerprint density at radius 1 is 0.867 bits per heavy atom. The molecular formula is C22H29F3N2O3+2. The lowest BCUT2D eigenvalue weighted by Gasteiger charge is -2.29. The number of rotatable bonds is 7. The molecular weight excluding hydrogens is 397 g/mol. The molecule has 1 aliphatic rings. The zero-order chi connectivity index (χ0) is 21.7. The summed E-state index contributed by atoms with van der Waals surface area (Å²) in [4.78, 5) is 2.55. The third-order valence-electron chi connectivity index (χ3n) is 5.65. The fraction of sp³-hybridized carbons (Fsp3) is 0.455. The third-order valence-corrected chi connectivity index (χ3v) is 5.65. The van der Waals surface area contributed by atoms with Crippen LogP contribution in [-0.4, -0.2) is 54.1 Å². The Balaban J connectivity index is 1.58. The van der Waals surface area contributed by atoms with Gasteiger partial charge in [-0.1, -0.05) is 6.07 Å². The molecule has 0 aliphatic carbocycles. The zero-order valence-electron chi connectivity index (χ0n) is 17.6. The van der Waals surface area contributed by atoms with Gasteiger partial charge in [0.1, 0.15) is 31.9 Å². The Bertz CT molecular complexity index is 825. The molecule has 2 N–H and O–H groups in total. The molecule has 0 bridgehead atoms. The maximum Gasteiger partial charge on any atom is 0.416 e. The van der Waals surface area contributed by atoms with E-state index in [-0.39, 0.29) is 0 Å². The molecule has 2 aromatic carbocycles. The lowest BCUT2D eigenvalue weighted by Crippen LogP contribution is -3.26. The van der Waals surface area contributed by atoms with Crippen LogP contribution in [0.4, 0.5) is 18.9 Å². The number of methoxy groups -OCH3 is 3. The third kappa shape index (κ3) is 5.17. The SMILES string of the molecule is COc1cc(CC[NH+]2CC[NH+](c3cccc(C(F)(F)F)c3)CC2)cc(OC)c1OC. The number of halogens is 3. The lowest BCUT2D eigenvalue weighted by molar-refractivity contribution is -0.986. The normalized spacial score (nSPS) is 19.4. The van der Waals surface area contributed by atoms with E-state index < -0.39 is 11.7 Å². The van der Waals surface area contributed by atoms with Gasteiger partial charge in [0.25, 0.3) is 0 Å². The minimum absolute atomic E-state index is 0.578. The van der Waals surface area contributed by atoms with Gasteiger partial charge in [-0.15, -0.1) is 0 Å². The zero-order valence-corrected chi connectivity index (χ0v) is 17.6. The van der Waals surface area contributed by atoms with Gasteiger partial charge in [-0.25, -0.2) is 0 Å². The Morgan fingerprint density at radius 2 is 1.50 bits per heavy atom. The van der Waals surface area contributed by atoms with Crippen molar-refractivity contribution < 1.29 is 37.2 Å². The van der Waals surface area contributed by atoms with Gasteiger partial charge in [-0.2, -0.15) is 13.2 Å². The van der Waals surface area contributed by atoms with Crippen molar-refractivity contribution in [3.63, 3.8) is 0 Å². The van der Waals surface area contributed by atoms with Crippen molar-refractivity contribution in [3.8, 4) is 17.2 Å². The highest BCUT2D eigenvalue weighted by Gasteiger charge is 2.32. The molecule has 2 aromatic rings. The van der Waals surface area contributed by atoms with Crippen molar-refractivity contribution in [3.05, 3.63) is 47.5 Å². The molecule has 0 saturated carbocycles. The van der Waals surface area contributed by atoms with Crippen LogP contribution in [0, 0.1) is 0 Å². The van der Waals surface area contributed by atoms with Gasteiger partial charge in [0.05, 0.1) is 33.4 Å². The van der Waals surface area contributed by atoms with Crippen molar-refractivity contribution in [1.82, 2.24) is 0 Å². The van der Waals surface area contributed by atoms with Crippen molar-refractivity contribution in [2.45, 2.75) is 12.6 Å². The van der Waals surface area contributed by atoms with Crippen LogP contribution in [0.15, 0.2) is 36.4 Å². The lowest BCUT2D eigenvalue weighted by atomic mass is 10.1. The Labute approximate surface area is 174 Å². The van der Waals surface area contributed by atoms with Gasteiger partial charge < -0.3 is 19.1 Å². The predicted molar refractivity (Wildman–Crippen MR) is 107 cm³/mol. The number of hydrogen-bond acceptors (Lipinski definition) is 3. The van der Waals surface area contributed by atoms with Gasteiger partial charge in [0.15, 0.2) is 11.5 Å². The first-order valence-corrected chi connectivity index (χ1v) is 10.0. The molecule has 0 spiro atoms. The Hall–Kier alpha value is -2.45. The van der Waals surface area contributed by atoms with E-state index in [4.69, 9.17) is 14.2 Å². The minimum Gasteiger partial charge on any atom is -0.493 e. The summed E-state index contributed by atoms with van der Waals surface area (Å²) in [5, 5.41) is 0. The topological polar surface area (TPSA) is 36.6 Å². The molecule has 0 unspecified atom stereocenters. The van der Waals surface area contributed by atoms with Crippen LogP contribution in [0.3, 0.4) is 0 Å². The first-order chi connectivity index (χ1) is 14.4. The molecule has 1 fully saturated rings. The Morgan fingerprint density at radius 3 is 2.03 bits per heavy atom. The first kappa shape index (κ1) is 22.2. The van der Waals surface area contributed by atoms with E-state index in [2.05, 4.69) is 0 Å². The summed E-state index contributed by atoms with van der Waals surface area (Å²) in [6.07, 6.45) is -3.45. The van der Waals surface area contributed by atoms with Crippen LogP contribution in [0.5, 0.6) is 17.2 Å². The highest BCUT2D eigenvalue weighted by Crippen LogP contribution is 2.38. The van der Waals surface area contributed by atoms with Gasteiger partial charge in [0.2, 0.25) is 5.75 Å². The quantitative estimate of drug-likeness (QED) is 0.703. The largest absolute Gasteiger partial charge is 0.493 e. The van der Waals surface area contributed by atoms with Crippen LogP contribution in [0.25, 0.3) is 0 Å². The average Bonchev–Trinajstić information content (AvgIpc) is 2.76. The first-order valence-electron chi connectivity index (χ1n) is 10.0. The molecule has 8 heteroatoms. The van der Waals surface area contributed by atoms with Gasteiger partial charge in [0, 0.05) is 12.5 Å². The Kier molecular flexibility index (Phi) is 7.10. The van der Waals surface area contributed by atoms with E-state index in [0.717, 1.165) is 55.7 Å². The summed E-state index contributed by atoms with van der Waals surface area (Å²) in [7, 11) is 4.78. The molecule has 164 valence electrons. The molecule has 0 amide bonds. The number of ether oxygens (including phenoxy) is 3. The second-order valence-electron chi connectivity index (χ2n) is 7.47. The van der Waals surface area contributed by atoms with E-state index in [0.29, 0.717) is 22.9 Å². The summed E-state index contributed by atoms with van der Waals surface area (Å²) in [5.74, 6) is 1.86. The highest BCUT2D eigenvalue weighted by atomic mass is 19.4. The van der Waals surface area contributed by atoms with E-state index in [1.807, 2.05) is 12.1 Å². The summed E-state index contributed by atoms with van der Waals surface area (Å²) >= 11 is 0. The van der Waals surface area contributed by atoms with Crippen molar-refractivity contribution in [1.29, 1.82) is 0 Å². The smallest absolute Gasteiger partial charge is 0.416 e. The van der Waals surface area contributed by atoms with Crippen LogP contribution in [0.1, 0.15) is 11.1 Å². The fourth-order valence-electron chi connectivity index (χ4n) is 3.96. The van der Waals surface area contributed by atoms with Gasteiger partial charge in [-0.3, -0.25) is 4.90 Å². The van der Waals surface area contributed by atoms with Crippen molar-refractivity contribution in [2.24, 2.45) is 0 Å². The summed E-state index contributed by atoms with van der Waals surface area (Å²) < 4.78 is 55.1. The molecule has 5 nitrogen and oxygen atoms in total. The summed E-state index contributed by atoms with van der Waals surface area (Å²) in [6.45, 7) is 4.39. The number of alkyl halides is 3. The number of piperazine rings is 1. The van der Waals surface area contributed by atoms with E-state index in [1.165, 1.54) is 17.0 Å². The van der Waals surface area contributed by atoms with Crippen LogP contribution >= 0.6 is 0 Å². The maximum absolute atomic E-state index is 13.0.